The zero-order valence-electron chi connectivity index (χ0n) is 15.3. The molecule has 3 aromatic rings. The molecule has 0 fully saturated rings. The Morgan fingerprint density at radius 3 is 2.85 bits per heavy atom. The number of carbonyl (C=O) groups excluding carboxylic acids is 1. The first kappa shape index (κ1) is 17.9. The molecule has 1 unspecified atom stereocenters. The molecule has 7 heteroatoms. The van der Waals surface area contributed by atoms with Crippen LogP contribution < -0.4 is 4.90 Å². The number of hydrogen-bond donors (Lipinski definition) is 0. The van der Waals surface area contributed by atoms with E-state index in [1.807, 2.05) is 67.5 Å². The third-order valence-corrected chi connectivity index (χ3v) is 6.31. The van der Waals surface area contributed by atoms with Crippen molar-refractivity contribution in [1.82, 2.24) is 14.5 Å². The number of hydrogen-bond acceptors (Lipinski definition) is 4. The average Bonchev–Trinajstić information content (AvgIpc) is 3.21. The van der Waals surface area contributed by atoms with Crippen LogP contribution in [0.4, 0.5) is 5.69 Å². The van der Waals surface area contributed by atoms with E-state index in [1.165, 1.54) is 11.8 Å². The highest BCUT2D eigenvalue weighted by molar-refractivity contribution is 8.06. The molecule has 3 heterocycles. The number of thioether (sulfide) groups is 1. The number of likely N-dealkylation sites (N-methyl/N-ethyl adjacent to an activating group) is 2. The summed E-state index contributed by atoms with van der Waals surface area (Å²) in [5, 5.41) is 3.97. The molecule has 0 saturated carbocycles. The first-order chi connectivity index (χ1) is 13.0. The van der Waals surface area contributed by atoms with E-state index in [0.717, 1.165) is 28.0 Å². The second-order valence-electron chi connectivity index (χ2n) is 6.53. The number of carbonyl (C=O) groups is 1. The molecule has 1 aromatic carbocycles. The Labute approximate surface area is 167 Å². The number of benzene rings is 1. The van der Waals surface area contributed by atoms with Crippen molar-refractivity contribution in [3.63, 3.8) is 0 Å². The number of nitrogens with zero attached hydrogens (tertiary/aromatic N) is 4. The van der Waals surface area contributed by atoms with Crippen LogP contribution >= 0.6 is 23.4 Å². The summed E-state index contributed by atoms with van der Waals surface area (Å²) in [5.41, 5.74) is 4.69. The Kier molecular flexibility index (Phi) is 4.61. The summed E-state index contributed by atoms with van der Waals surface area (Å²) in [5.74, 6) is -0.0160. The van der Waals surface area contributed by atoms with Crippen LogP contribution in [0.5, 0.6) is 0 Å². The van der Waals surface area contributed by atoms with E-state index in [9.17, 15) is 4.79 Å². The summed E-state index contributed by atoms with van der Waals surface area (Å²) in [6.45, 7) is 2.01. The van der Waals surface area contributed by atoms with E-state index in [4.69, 9.17) is 11.6 Å². The molecule has 0 saturated heterocycles. The lowest BCUT2D eigenvalue weighted by atomic mass is 10.2. The summed E-state index contributed by atoms with van der Waals surface area (Å²) in [4.78, 5) is 16.8. The average molecular weight is 399 g/mol. The molecule has 27 heavy (non-hydrogen) atoms. The Hall–Kier alpha value is -2.44. The highest BCUT2D eigenvalue weighted by atomic mass is 35.5. The van der Waals surface area contributed by atoms with Gasteiger partial charge >= 0.3 is 0 Å². The van der Waals surface area contributed by atoms with Gasteiger partial charge in [-0.3, -0.25) is 4.79 Å². The number of aromatic nitrogens is 2. The van der Waals surface area contributed by atoms with Gasteiger partial charge in [0, 0.05) is 31.5 Å². The molecular weight excluding hydrogens is 380 g/mol. The van der Waals surface area contributed by atoms with Crippen molar-refractivity contribution in [2.24, 2.45) is 0 Å². The maximum Gasteiger partial charge on any atom is 0.260 e. The van der Waals surface area contributed by atoms with Gasteiger partial charge in [0.25, 0.3) is 5.91 Å². The van der Waals surface area contributed by atoms with Crippen LogP contribution in [0.2, 0.25) is 0 Å². The normalized spacial score (nSPS) is 17.0. The van der Waals surface area contributed by atoms with Crippen molar-refractivity contribution in [3.8, 4) is 0 Å². The number of pyridine rings is 1. The fraction of sp³-hybridized carbons (Fsp3) is 0.200. The van der Waals surface area contributed by atoms with Gasteiger partial charge in [-0.15, -0.1) is 0 Å². The minimum atomic E-state index is -0.420. The highest BCUT2D eigenvalue weighted by Gasteiger charge is 2.38. The SMILES string of the molecule is Cc1cccc(N(C)C(=O)C2SC(Cl)=C(c3cnn4ccccc34)N2C)c1. The molecule has 1 amide bonds. The molecular formula is C20H19ClN4OS. The van der Waals surface area contributed by atoms with Crippen LogP contribution in [-0.2, 0) is 4.79 Å². The lowest BCUT2D eigenvalue weighted by Gasteiger charge is -2.27. The van der Waals surface area contributed by atoms with Crippen molar-refractivity contribution >= 4 is 46.2 Å². The fourth-order valence-corrected chi connectivity index (χ4v) is 4.82. The van der Waals surface area contributed by atoms with E-state index < -0.39 is 5.37 Å². The van der Waals surface area contributed by atoms with Crippen LogP contribution in [-0.4, -0.2) is 39.9 Å². The Morgan fingerprint density at radius 2 is 2.07 bits per heavy atom. The van der Waals surface area contributed by atoms with Gasteiger partial charge in [0.1, 0.15) is 4.36 Å². The molecule has 0 bridgehead atoms. The van der Waals surface area contributed by atoms with Crippen LogP contribution in [0.3, 0.4) is 0 Å². The molecule has 1 atom stereocenters. The molecule has 5 nitrogen and oxygen atoms in total. The van der Waals surface area contributed by atoms with Crippen molar-refractivity contribution in [2.45, 2.75) is 12.3 Å². The van der Waals surface area contributed by atoms with E-state index in [2.05, 4.69) is 5.10 Å². The molecule has 1 aliphatic rings. The number of fused-ring (bicyclic) bond motifs is 1. The monoisotopic (exact) mass is 398 g/mol. The Balaban J connectivity index is 1.64. The first-order valence-corrected chi connectivity index (χ1v) is 9.79. The standard InChI is InChI=1S/C20H19ClN4OS/c1-13-7-6-8-14(11-13)23(2)19(26)20-24(3)17(18(21)27-20)15-12-22-25-10-5-4-9-16(15)25/h4-12,20H,1-3H3. The van der Waals surface area contributed by atoms with Crippen molar-refractivity contribution in [2.75, 3.05) is 19.0 Å². The predicted octanol–water partition coefficient (Wildman–Crippen LogP) is 4.18. The highest BCUT2D eigenvalue weighted by Crippen LogP contribution is 2.45. The number of anilines is 1. The van der Waals surface area contributed by atoms with Gasteiger partial charge in [-0.25, -0.2) is 4.52 Å². The van der Waals surface area contributed by atoms with Crippen molar-refractivity contribution < 1.29 is 4.79 Å². The largest absolute Gasteiger partial charge is 0.352 e. The molecule has 0 N–H and O–H groups in total. The summed E-state index contributed by atoms with van der Waals surface area (Å²) in [7, 11) is 3.70. The lowest BCUT2D eigenvalue weighted by molar-refractivity contribution is -0.119. The molecule has 0 radical (unpaired) electrons. The summed E-state index contributed by atoms with van der Waals surface area (Å²) < 4.78 is 2.41. The van der Waals surface area contributed by atoms with Gasteiger partial charge in [-0.1, -0.05) is 41.6 Å². The molecule has 2 aromatic heterocycles. The van der Waals surface area contributed by atoms with Gasteiger partial charge < -0.3 is 9.80 Å². The number of rotatable bonds is 3. The van der Waals surface area contributed by atoms with Gasteiger partial charge in [-0.05, 0) is 36.8 Å². The number of aryl methyl sites for hydroxylation is 1. The first-order valence-electron chi connectivity index (χ1n) is 8.53. The second-order valence-corrected chi connectivity index (χ2v) is 8.22. The molecule has 1 aliphatic heterocycles. The summed E-state index contributed by atoms with van der Waals surface area (Å²) in [6, 6.07) is 13.8. The summed E-state index contributed by atoms with van der Waals surface area (Å²) in [6.07, 6.45) is 3.69. The summed E-state index contributed by atoms with van der Waals surface area (Å²) >= 11 is 7.94. The zero-order valence-corrected chi connectivity index (χ0v) is 16.8. The third kappa shape index (κ3) is 3.09. The van der Waals surface area contributed by atoms with Gasteiger partial charge in [0.15, 0.2) is 5.37 Å². The number of halogens is 1. The van der Waals surface area contributed by atoms with E-state index >= 15 is 0 Å². The zero-order chi connectivity index (χ0) is 19.1. The van der Waals surface area contributed by atoms with Crippen LogP contribution in [0.25, 0.3) is 11.2 Å². The van der Waals surface area contributed by atoms with Crippen molar-refractivity contribution in [3.05, 3.63) is 70.3 Å². The number of amides is 1. The molecule has 4 rings (SSSR count). The van der Waals surface area contributed by atoms with Crippen LogP contribution in [0.15, 0.2) is 59.2 Å². The van der Waals surface area contributed by atoms with E-state index in [-0.39, 0.29) is 5.91 Å². The van der Waals surface area contributed by atoms with E-state index in [0.29, 0.717) is 4.36 Å². The maximum atomic E-state index is 13.1. The molecule has 138 valence electrons. The van der Waals surface area contributed by atoms with Gasteiger partial charge in [-0.2, -0.15) is 5.10 Å². The lowest BCUT2D eigenvalue weighted by Crippen LogP contribution is -2.41. The van der Waals surface area contributed by atoms with Crippen LogP contribution in [0, 0.1) is 6.92 Å². The van der Waals surface area contributed by atoms with E-state index in [1.54, 1.807) is 22.7 Å². The molecule has 0 spiro atoms. The minimum Gasteiger partial charge on any atom is -0.352 e. The minimum absolute atomic E-state index is 0.0160. The maximum absolute atomic E-state index is 13.1. The van der Waals surface area contributed by atoms with Gasteiger partial charge in [0.05, 0.1) is 17.4 Å². The quantitative estimate of drug-likeness (QED) is 0.663. The smallest absolute Gasteiger partial charge is 0.260 e. The molecule has 0 aliphatic carbocycles. The third-order valence-electron chi connectivity index (χ3n) is 4.72. The van der Waals surface area contributed by atoms with Crippen molar-refractivity contribution in [1.29, 1.82) is 0 Å². The fourth-order valence-electron chi connectivity index (χ4n) is 3.25. The Morgan fingerprint density at radius 1 is 1.26 bits per heavy atom. The van der Waals surface area contributed by atoms with Crippen LogP contribution in [0.1, 0.15) is 11.1 Å². The predicted molar refractivity (Wildman–Crippen MR) is 112 cm³/mol. The Bertz CT molecular complexity index is 1060. The topological polar surface area (TPSA) is 40.9 Å². The van der Waals surface area contributed by atoms with Gasteiger partial charge in [0.2, 0.25) is 0 Å². The second kappa shape index (κ2) is 6.94.